The molecular formula is C18H19IN4O. The Morgan fingerprint density at radius 1 is 1.17 bits per heavy atom. The molecule has 1 fully saturated rings. The van der Waals surface area contributed by atoms with Crippen molar-refractivity contribution >= 4 is 39.4 Å². The van der Waals surface area contributed by atoms with Gasteiger partial charge in [-0.15, -0.1) is 0 Å². The van der Waals surface area contributed by atoms with E-state index in [0.29, 0.717) is 0 Å². The zero-order valence-electron chi connectivity index (χ0n) is 13.7. The average Bonchev–Trinajstić information content (AvgIpc) is 2.95. The number of anilines is 1. The third-order valence-electron chi connectivity index (χ3n) is 4.28. The van der Waals surface area contributed by atoms with Crippen LogP contribution in [0.5, 0.6) is 0 Å². The molecule has 0 amide bonds. The SMILES string of the molecule is C[C@@H]1CN(c2ccc(-c3cnc4[nH]cc(I)c4n3)cc2)C[C@@H](C)O1. The molecule has 2 atom stereocenters. The van der Waals surface area contributed by atoms with E-state index in [2.05, 4.69) is 75.6 Å². The molecule has 0 unspecified atom stereocenters. The van der Waals surface area contributed by atoms with E-state index in [0.717, 1.165) is 39.1 Å². The number of aromatic amines is 1. The number of morpholine rings is 1. The first-order chi connectivity index (χ1) is 11.6. The molecule has 0 radical (unpaired) electrons. The molecule has 4 rings (SSSR count). The summed E-state index contributed by atoms with van der Waals surface area (Å²) >= 11 is 2.28. The lowest BCUT2D eigenvalue weighted by Gasteiger charge is -2.36. The number of nitrogens with one attached hydrogen (secondary N) is 1. The fourth-order valence-corrected chi connectivity index (χ4v) is 3.76. The Morgan fingerprint density at radius 2 is 1.88 bits per heavy atom. The van der Waals surface area contributed by atoms with E-state index >= 15 is 0 Å². The van der Waals surface area contributed by atoms with Crippen molar-refractivity contribution in [3.63, 3.8) is 0 Å². The number of hydrogen-bond acceptors (Lipinski definition) is 4. The predicted octanol–water partition coefficient (Wildman–Crippen LogP) is 3.84. The first-order valence-electron chi connectivity index (χ1n) is 8.10. The number of rotatable bonds is 2. The molecule has 2 aromatic heterocycles. The first kappa shape index (κ1) is 15.8. The van der Waals surface area contributed by atoms with Gasteiger partial charge >= 0.3 is 0 Å². The fraction of sp³-hybridized carbons (Fsp3) is 0.333. The lowest BCUT2D eigenvalue weighted by molar-refractivity contribution is -0.00521. The molecule has 1 aromatic carbocycles. The maximum atomic E-state index is 5.81. The van der Waals surface area contributed by atoms with Gasteiger partial charge in [-0.05, 0) is 48.6 Å². The summed E-state index contributed by atoms with van der Waals surface area (Å²) in [5.41, 5.74) is 4.96. The van der Waals surface area contributed by atoms with Gasteiger partial charge in [0.15, 0.2) is 5.65 Å². The Morgan fingerprint density at radius 3 is 2.58 bits per heavy atom. The number of hydrogen-bond donors (Lipinski definition) is 1. The van der Waals surface area contributed by atoms with Gasteiger partial charge in [0.25, 0.3) is 0 Å². The van der Waals surface area contributed by atoms with Gasteiger partial charge in [-0.2, -0.15) is 0 Å². The van der Waals surface area contributed by atoms with Crippen molar-refractivity contribution in [1.29, 1.82) is 0 Å². The maximum Gasteiger partial charge on any atom is 0.157 e. The van der Waals surface area contributed by atoms with Crippen molar-refractivity contribution in [3.05, 3.63) is 40.2 Å². The molecule has 0 bridgehead atoms. The number of fused-ring (bicyclic) bond motifs is 1. The second-order valence-electron chi connectivity index (χ2n) is 6.30. The lowest BCUT2D eigenvalue weighted by atomic mass is 10.1. The number of aromatic nitrogens is 3. The van der Waals surface area contributed by atoms with E-state index in [1.54, 1.807) is 0 Å². The van der Waals surface area contributed by atoms with Crippen LogP contribution in [0.3, 0.4) is 0 Å². The van der Waals surface area contributed by atoms with Crippen molar-refractivity contribution in [2.45, 2.75) is 26.1 Å². The minimum atomic E-state index is 0.261. The highest BCUT2D eigenvalue weighted by Crippen LogP contribution is 2.26. The van der Waals surface area contributed by atoms with E-state index in [1.165, 1.54) is 5.69 Å². The summed E-state index contributed by atoms with van der Waals surface area (Å²) in [5.74, 6) is 0. The van der Waals surface area contributed by atoms with Gasteiger partial charge < -0.3 is 14.6 Å². The number of benzene rings is 1. The van der Waals surface area contributed by atoms with Gasteiger partial charge in [0.2, 0.25) is 0 Å². The van der Waals surface area contributed by atoms with E-state index < -0.39 is 0 Å². The molecule has 1 saturated heterocycles. The Bertz CT molecular complexity index is 851. The largest absolute Gasteiger partial charge is 0.372 e. The monoisotopic (exact) mass is 434 g/mol. The first-order valence-corrected chi connectivity index (χ1v) is 9.18. The fourth-order valence-electron chi connectivity index (χ4n) is 3.23. The molecule has 1 N–H and O–H groups in total. The molecule has 6 heteroatoms. The molecule has 0 spiro atoms. The van der Waals surface area contributed by atoms with Gasteiger partial charge in [-0.3, -0.25) is 0 Å². The zero-order valence-corrected chi connectivity index (χ0v) is 15.8. The quantitative estimate of drug-likeness (QED) is 0.623. The Labute approximate surface area is 154 Å². The van der Waals surface area contributed by atoms with Gasteiger partial charge in [0.05, 0.1) is 27.7 Å². The van der Waals surface area contributed by atoms with Crippen molar-refractivity contribution in [2.24, 2.45) is 0 Å². The third kappa shape index (κ3) is 3.00. The predicted molar refractivity (Wildman–Crippen MR) is 104 cm³/mol. The summed E-state index contributed by atoms with van der Waals surface area (Å²) < 4.78 is 6.90. The Balaban J connectivity index is 1.61. The highest BCUT2D eigenvalue weighted by molar-refractivity contribution is 14.1. The van der Waals surface area contributed by atoms with Crippen LogP contribution in [-0.4, -0.2) is 40.2 Å². The second kappa shape index (κ2) is 6.33. The summed E-state index contributed by atoms with van der Waals surface area (Å²) in [6, 6.07) is 8.56. The molecule has 1 aliphatic rings. The highest BCUT2D eigenvalue weighted by Gasteiger charge is 2.22. The van der Waals surface area contributed by atoms with Crippen LogP contribution in [0.4, 0.5) is 5.69 Å². The second-order valence-corrected chi connectivity index (χ2v) is 7.46. The minimum absolute atomic E-state index is 0.261. The zero-order chi connectivity index (χ0) is 16.7. The molecule has 5 nitrogen and oxygen atoms in total. The average molecular weight is 434 g/mol. The van der Waals surface area contributed by atoms with Crippen LogP contribution >= 0.6 is 22.6 Å². The maximum absolute atomic E-state index is 5.81. The summed E-state index contributed by atoms with van der Waals surface area (Å²) in [5, 5.41) is 0. The van der Waals surface area contributed by atoms with E-state index in [-0.39, 0.29) is 12.2 Å². The third-order valence-corrected chi connectivity index (χ3v) is 5.10. The van der Waals surface area contributed by atoms with E-state index in [9.17, 15) is 0 Å². The minimum Gasteiger partial charge on any atom is -0.372 e. The van der Waals surface area contributed by atoms with Crippen LogP contribution in [-0.2, 0) is 4.74 Å². The summed E-state index contributed by atoms with van der Waals surface area (Å²) in [6.07, 6.45) is 4.27. The summed E-state index contributed by atoms with van der Waals surface area (Å²) in [4.78, 5) is 14.7. The highest BCUT2D eigenvalue weighted by atomic mass is 127. The molecule has 124 valence electrons. The van der Waals surface area contributed by atoms with Crippen LogP contribution in [0, 0.1) is 3.57 Å². The lowest BCUT2D eigenvalue weighted by Crippen LogP contribution is -2.45. The molecule has 1 aliphatic heterocycles. The van der Waals surface area contributed by atoms with Gasteiger partial charge in [-0.1, -0.05) is 12.1 Å². The van der Waals surface area contributed by atoms with Gasteiger partial charge in [-0.25, -0.2) is 9.97 Å². The molecule has 3 aromatic rings. The molecule has 0 aliphatic carbocycles. The smallest absolute Gasteiger partial charge is 0.157 e. The Kier molecular flexibility index (Phi) is 4.17. The standard InChI is InChI=1S/C18H19IN4O/c1-11-9-23(10-12(2)24-11)14-5-3-13(4-6-14)16-8-21-18-17(22-16)15(19)7-20-18/h3-8,11-12H,9-10H2,1-2H3,(H,20,21)/t11-,12-/m1/s1. The summed E-state index contributed by atoms with van der Waals surface area (Å²) in [7, 11) is 0. The number of H-pyrrole nitrogens is 1. The number of nitrogens with zero attached hydrogens (tertiary/aromatic N) is 3. The van der Waals surface area contributed by atoms with E-state index in [4.69, 9.17) is 9.72 Å². The van der Waals surface area contributed by atoms with Crippen LogP contribution in [0.15, 0.2) is 36.7 Å². The van der Waals surface area contributed by atoms with Crippen molar-refractivity contribution < 1.29 is 4.74 Å². The van der Waals surface area contributed by atoms with Crippen LogP contribution in [0.1, 0.15) is 13.8 Å². The van der Waals surface area contributed by atoms with Crippen LogP contribution in [0.2, 0.25) is 0 Å². The Hall–Kier alpha value is -1.67. The van der Waals surface area contributed by atoms with E-state index in [1.807, 2.05) is 12.4 Å². The van der Waals surface area contributed by atoms with Crippen molar-refractivity contribution in [1.82, 2.24) is 15.0 Å². The van der Waals surface area contributed by atoms with Crippen LogP contribution < -0.4 is 4.90 Å². The molecular weight excluding hydrogens is 415 g/mol. The number of ether oxygens (including phenoxy) is 1. The molecule has 0 saturated carbocycles. The van der Waals surface area contributed by atoms with Crippen molar-refractivity contribution in [3.8, 4) is 11.3 Å². The number of halogens is 1. The normalized spacial score (nSPS) is 21.4. The van der Waals surface area contributed by atoms with Gasteiger partial charge in [0, 0.05) is 30.5 Å². The van der Waals surface area contributed by atoms with Gasteiger partial charge in [0.1, 0.15) is 5.52 Å². The molecule has 24 heavy (non-hydrogen) atoms. The summed E-state index contributed by atoms with van der Waals surface area (Å²) in [6.45, 7) is 6.11. The topological polar surface area (TPSA) is 54.0 Å². The van der Waals surface area contributed by atoms with Crippen LogP contribution in [0.25, 0.3) is 22.4 Å². The molecule has 3 heterocycles. The van der Waals surface area contributed by atoms with Crippen molar-refractivity contribution in [2.75, 3.05) is 18.0 Å².